The number of nitrogens with zero attached hydrogens (tertiary/aromatic N) is 5. The molecule has 8 heteroatoms. The van der Waals surface area contributed by atoms with Crippen LogP contribution in [-0.2, 0) is 4.79 Å². The average molecular weight is 316 g/mol. The van der Waals surface area contributed by atoms with E-state index in [-0.39, 0.29) is 17.4 Å². The van der Waals surface area contributed by atoms with E-state index in [0.29, 0.717) is 24.0 Å². The van der Waals surface area contributed by atoms with Crippen molar-refractivity contribution >= 4 is 5.91 Å². The Balaban J connectivity index is 1.52. The molecule has 122 valence electrons. The van der Waals surface area contributed by atoms with Crippen LogP contribution in [0.25, 0.3) is 11.5 Å². The Morgan fingerprint density at radius 2 is 2.17 bits per heavy atom. The monoisotopic (exact) mass is 316 g/mol. The summed E-state index contributed by atoms with van der Waals surface area (Å²) in [7, 11) is 0. The van der Waals surface area contributed by atoms with Gasteiger partial charge < -0.3 is 9.84 Å². The average Bonchev–Trinajstić information content (AvgIpc) is 2.90. The maximum Gasteiger partial charge on any atom is 0.234 e. The zero-order valence-corrected chi connectivity index (χ0v) is 13.5. The molecular formula is C15H20N6O2. The van der Waals surface area contributed by atoms with Crippen molar-refractivity contribution in [1.82, 2.24) is 30.3 Å². The summed E-state index contributed by atoms with van der Waals surface area (Å²) < 4.78 is 5.30. The van der Waals surface area contributed by atoms with Crippen LogP contribution in [0.3, 0.4) is 0 Å². The van der Waals surface area contributed by atoms with Crippen LogP contribution in [0, 0.1) is 0 Å². The van der Waals surface area contributed by atoms with Crippen LogP contribution in [0.2, 0.25) is 0 Å². The van der Waals surface area contributed by atoms with Gasteiger partial charge in [0.2, 0.25) is 17.6 Å². The standard InChI is InChI=1S/C15H20N6O2/c1-15(2,3)19-12(22)9-21-7-10(8-21)14-18-13(20-23-14)11-6-16-4-5-17-11/h4-6,10H,7-9H2,1-3H3,(H,19,22). The second kappa shape index (κ2) is 6.04. The molecule has 0 bridgehead atoms. The van der Waals surface area contributed by atoms with Gasteiger partial charge in [-0.2, -0.15) is 4.98 Å². The SMILES string of the molecule is CC(C)(C)NC(=O)CN1CC(c2nc(-c3cnccn3)no2)C1. The molecule has 0 spiro atoms. The molecule has 1 N–H and O–H groups in total. The number of amides is 1. The van der Waals surface area contributed by atoms with E-state index in [1.807, 2.05) is 20.8 Å². The van der Waals surface area contributed by atoms with Gasteiger partial charge in [-0.1, -0.05) is 5.16 Å². The van der Waals surface area contributed by atoms with Crippen LogP contribution in [-0.4, -0.2) is 56.1 Å². The molecule has 3 heterocycles. The fourth-order valence-electron chi connectivity index (χ4n) is 2.44. The van der Waals surface area contributed by atoms with Crippen LogP contribution < -0.4 is 5.32 Å². The van der Waals surface area contributed by atoms with Crippen molar-refractivity contribution in [3.63, 3.8) is 0 Å². The van der Waals surface area contributed by atoms with E-state index in [4.69, 9.17) is 4.52 Å². The molecule has 0 radical (unpaired) electrons. The Morgan fingerprint density at radius 1 is 1.39 bits per heavy atom. The van der Waals surface area contributed by atoms with Gasteiger partial charge in [0.25, 0.3) is 0 Å². The van der Waals surface area contributed by atoms with Gasteiger partial charge in [0.1, 0.15) is 5.69 Å². The molecular weight excluding hydrogens is 296 g/mol. The summed E-state index contributed by atoms with van der Waals surface area (Å²) in [6, 6.07) is 0. The number of carbonyl (C=O) groups is 1. The zero-order valence-electron chi connectivity index (χ0n) is 13.5. The van der Waals surface area contributed by atoms with E-state index < -0.39 is 0 Å². The molecule has 1 fully saturated rings. The Bertz CT molecular complexity index is 673. The fourth-order valence-corrected chi connectivity index (χ4v) is 2.44. The minimum Gasteiger partial charge on any atom is -0.350 e. The van der Waals surface area contributed by atoms with Gasteiger partial charge in [-0.25, -0.2) is 4.98 Å². The van der Waals surface area contributed by atoms with Crippen molar-refractivity contribution in [2.75, 3.05) is 19.6 Å². The lowest BCUT2D eigenvalue weighted by atomic mass is 10.00. The lowest BCUT2D eigenvalue weighted by Gasteiger charge is -2.37. The molecule has 23 heavy (non-hydrogen) atoms. The minimum atomic E-state index is -0.209. The van der Waals surface area contributed by atoms with Gasteiger partial charge in [0.15, 0.2) is 0 Å². The first-order valence-corrected chi connectivity index (χ1v) is 7.54. The molecule has 2 aromatic rings. The Kier molecular flexibility index (Phi) is 4.08. The minimum absolute atomic E-state index is 0.0294. The van der Waals surface area contributed by atoms with E-state index in [0.717, 1.165) is 13.1 Å². The van der Waals surface area contributed by atoms with Gasteiger partial charge in [0, 0.05) is 31.0 Å². The third-order valence-corrected chi connectivity index (χ3v) is 3.42. The van der Waals surface area contributed by atoms with E-state index in [1.165, 1.54) is 0 Å². The van der Waals surface area contributed by atoms with Crippen LogP contribution in [0.15, 0.2) is 23.1 Å². The second-order valence-corrected chi connectivity index (χ2v) is 6.74. The highest BCUT2D eigenvalue weighted by atomic mass is 16.5. The third-order valence-electron chi connectivity index (χ3n) is 3.42. The molecule has 1 aliphatic heterocycles. The summed E-state index contributed by atoms with van der Waals surface area (Å²) in [5.74, 6) is 1.22. The van der Waals surface area contributed by atoms with Gasteiger partial charge in [-0.05, 0) is 20.8 Å². The number of rotatable bonds is 4. The van der Waals surface area contributed by atoms with Crippen LogP contribution in [0.5, 0.6) is 0 Å². The first-order chi connectivity index (χ1) is 10.9. The number of hydrogen-bond acceptors (Lipinski definition) is 7. The Labute approximate surface area is 134 Å². The van der Waals surface area contributed by atoms with Crippen molar-refractivity contribution in [3.8, 4) is 11.5 Å². The number of hydrogen-bond donors (Lipinski definition) is 1. The van der Waals surface area contributed by atoms with Crippen molar-refractivity contribution in [1.29, 1.82) is 0 Å². The topological polar surface area (TPSA) is 97.0 Å². The molecule has 3 rings (SSSR count). The zero-order chi connectivity index (χ0) is 16.4. The second-order valence-electron chi connectivity index (χ2n) is 6.74. The summed E-state index contributed by atoms with van der Waals surface area (Å²) in [6.45, 7) is 7.76. The third kappa shape index (κ3) is 3.89. The highest BCUT2D eigenvalue weighted by Gasteiger charge is 2.34. The summed E-state index contributed by atoms with van der Waals surface area (Å²) in [4.78, 5) is 26.4. The predicted octanol–water partition coefficient (Wildman–Crippen LogP) is 0.840. The molecule has 1 aliphatic rings. The molecule has 0 aliphatic carbocycles. The van der Waals surface area contributed by atoms with Crippen molar-refractivity contribution in [2.45, 2.75) is 32.2 Å². The molecule has 2 aromatic heterocycles. The van der Waals surface area contributed by atoms with E-state index in [1.54, 1.807) is 18.6 Å². The van der Waals surface area contributed by atoms with Crippen molar-refractivity contribution in [2.24, 2.45) is 0 Å². The largest absolute Gasteiger partial charge is 0.350 e. The smallest absolute Gasteiger partial charge is 0.234 e. The van der Waals surface area contributed by atoms with E-state index in [2.05, 4.69) is 30.3 Å². The Morgan fingerprint density at radius 3 is 2.83 bits per heavy atom. The van der Waals surface area contributed by atoms with Gasteiger partial charge >= 0.3 is 0 Å². The highest BCUT2D eigenvalue weighted by molar-refractivity contribution is 5.78. The predicted molar refractivity (Wildman–Crippen MR) is 82.4 cm³/mol. The van der Waals surface area contributed by atoms with Crippen LogP contribution >= 0.6 is 0 Å². The lowest BCUT2D eigenvalue weighted by molar-refractivity contribution is -0.124. The van der Waals surface area contributed by atoms with E-state index in [9.17, 15) is 4.79 Å². The fraction of sp³-hybridized carbons (Fsp3) is 0.533. The molecule has 0 unspecified atom stereocenters. The molecule has 0 atom stereocenters. The summed E-state index contributed by atoms with van der Waals surface area (Å²) in [5.41, 5.74) is 0.377. The number of nitrogens with one attached hydrogen (secondary N) is 1. The highest BCUT2D eigenvalue weighted by Crippen LogP contribution is 2.26. The lowest BCUT2D eigenvalue weighted by Crippen LogP contribution is -2.52. The van der Waals surface area contributed by atoms with Crippen LogP contribution in [0.4, 0.5) is 0 Å². The first-order valence-electron chi connectivity index (χ1n) is 7.54. The molecule has 0 aromatic carbocycles. The van der Waals surface area contributed by atoms with Gasteiger partial charge in [-0.3, -0.25) is 14.7 Å². The first kappa shape index (κ1) is 15.5. The van der Waals surface area contributed by atoms with Crippen molar-refractivity contribution < 1.29 is 9.32 Å². The quantitative estimate of drug-likeness (QED) is 0.892. The summed E-state index contributed by atoms with van der Waals surface area (Å²) in [6.07, 6.45) is 4.78. The number of aromatic nitrogens is 4. The number of likely N-dealkylation sites (tertiary alicyclic amines) is 1. The van der Waals surface area contributed by atoms with E-state index >= 15 is 0 Å². The summed E-state index contributed by atoms with van der Waals surface area (Å²) in [5, 5.41) is 6.89. The maximum atomic E-state index is 11.9. The number of carbonyl (C=O) groups excluding carboxylic acids is 1. The maximum absolute atomic E-state index is 11.9. The molecule has 1 saturated heterocycles. The Hall–Kier alpha value is -2.35. The van der Waals surface area contributed by atoms with Crippen molar-refractivity contribution in [3.05, 3.63) is 24.5 Å². The molecule has 8 nitrogen and oxygen atoms in total. The normalized spacial score (nSPS) is 16.1. The molecule has 1 amide bonds. The summed E-state index contributed by atoms with van der Waals surface area (Å²) >= 11 is 0. The van der Waals surface area contributed by atoms with Crippen LogP contribution in [0.1, 0.15) is 32.6 Å². The van der Waals surface area contributed by atoms with Gasteiger partial charge in [0.05, 0.1) is 18.7 Å². The van der Waals surface area contributed by atoms with Gasteiger partial charge in [-0.15, -0.1) is 0 Å². The molecule has 0 saturated carbocycles.